The zero-order chi connectivity index (χ0) is 20.9. The van der Waals surface area contributed by atoms with Crippen molar-refractivity contribution in [3.05, 3.63) is 53.2 Å². The summed E-state index contributed by atoms with van der Waals surface area (Å²) in [6.07, 6.45) is 5.43. The molecule has 3 heterocycles. The van der Waals surface area contributed by atoms with E-state index in [1.54, 1.807) is 11.7 Å². The number of rotatable bonds is 8. The molecule has 0 spiro atoms. The number of carbonyl (C=O) groups excluding carboxylic acids is 1. The second kappa shape index (κ2) is 9.23. The zero-order valence-corrected chi connectivity index (χ0v) is 17.0. The molecule has 1 aliphatic rings. The van der Waals surface area contributed by atoms with Crippen molar-refractivity contribution in [1.82, 2.24) is 19.4 Å². The van der Waals surface area contributed by atoms with Gasteiger partial charge in [-0.15, -0.1) is 0 Å². The second-order valence-corrected chi connectivity index (χ2v) is 7.41. The van der Waals surface area contributed by atoms with E-state index in [0.717, 1.165) is 30.6 Å². The number of hydrogen-bond acceptors (Lipinski definition) is 5. The van der Waals surface area contributed by atoms with E-state index < -0.39 is 0 Å². The molecule has 4 rings (SSSR count). The highest BCUT2D eigenvalue weighted by Gasteiger charge is 2.19. The lowest BCUT2D eigenvalue weighted by Crippen LogP contribution is -2.34. The molecule has 0 aliphatic carbocycles. The smallest absolute Gasteiger partial charge is 0.277 e. The quantitative estimate of drug-likeness (QED) is 0.612. The number of ether oxygens (including phenoxy) is 2. The predicted molar refractivity (Wildman–Crippen MR) is 113 cm³/mol. The van der Waals surface area contributed by atoms with E-state index >= 15 is 0 Å². The summed E-state index contributed by atoms with van der Waals surface area (Å²) >= 11 is 0. The Balaban J connectivity index is 1.67. The Labute approximate surface area is 174 Å². The highest BCUT2D eigenvalue weighted by atomic mass is 16.5. The fourth-order valence-corrected chi connectivity index (χ4v) is 3.76. The summed E-state index contributed by atoms with van der Waals surface area (Å²) in [6.45, 7) is 2.08. The molecule has 1 aliphatic heterocycles. The summed E-state index contributed by atoms with van der Waals surface area (Å²) in [6, 6.07) is 9.75. The van der Waals surface area contributed by atoms with Gasteiger partial charge in [0.2, 0.25) is 5.91 Å². The SMILES string of the molecule is COCCn1cnc2c(-c3ccccc3)cn(CC(=O)NC[C@@H]3CCCO3)c2c1=O. The summed E-state index contributed by atoms with van der Waals surface area (Å²) in [5.41, 5.74) is 2.59. The van der Waals surface area contributed by atoms with Gasteiger partial charge in [-0.1, -0.05) is 30.3 Å². The van der Waals surface area contributed by atoms with Crippen LogP contribution in [0.25, 0.3) is 22.2 Å². The van der Waals surface area contributed by atoms with E-state index in [1.165, 1.54) is 10.9 Å². The topological polar surface area (TPSA) is 87.4 Å². The number of methoxy groups -OCH3 is 1. The van der Waals surface area contributed by atoms with Gasteiger partial charge in [0.1, 0.15) is 17.6 Å². The first-order valence-electron chi connectivity index (χ1n) is 10.2. The standard InChI is InChI=1S/C22H26N4O4/c1-29-11-9-25-15-24-20-18(16-6-3-2-4-7-16)13-26(21(20)22(25)28)14-19(27)23-12-17-8-5-10-30-17/h2-4,6-7,13,15,17H,5,8-12,14H2,1H3,(H,23,27)/t17-/m0/s1. The van der Waals surface area contributed by atoms with Crippen molar-refractivity contribution in [2.45, 2.75) is 32.0 Å². The van der Waals surface area contributed by atoms with E-state index in [0.29, 0.717) is 30.7 Å². The van der Waals surface area contributed by atoms with Gasteiger partial charge >= 0.3 is 0 Å². The molecule has 1 saturated heterocycles. The highest BCUT2D eigenvalue weighted by Crippen LogP contribution is 2.27. The molecule has 1 fully saturated rings. The third-order valence-electron chi connectivity index (χ3n) is 5.33. The first-order chi connectivity index (χ1) is 14.7. The third-order valence-corrected chi connectivity index (χ3v) is 5.33. The van der Waals surface area contributed by atoms with Crippen LogP contribution in [-0.2, 0) is 27.4 Å². The van der Waals surface area contributed by atoms with E-state index in [-0.39, 0.29) is 24.1 Å². The third kappa shape index (κ3) is 4.29. The van der Waals surface area contributed by atoms with E-state index in [1.807, 2.05) is 36.5 Å². The first kappa shape index (κ1) is 20.3. The summed E-state index contributed by atoms with van der Waals surface area (Å²) in [5, 5.41) is 2.92. The Hall–Kier alpha value is -2.97. The van der Waals surface area contributed by atoms with Crippen molar-refractivity contribution in [2.75, 3.05) is 26.9 Å². The van der Waals surface area contributed by atoms with Crippen LogP contribution in [0.4, 0.5) is 0 Å². The maximum atomic E-state index is 13.1. The number of benzene rings is 1. The number of fused-ring (bicyclic) bond motifs is 1. The molecule has 8 heteroatoms. The number of amides is 1. The fourth-order valence-electron chi connectivity index (χ4n) is 3.76. The van der Waals surface area contributed by atoms with Gasteiger partial charge in [0.25, 0.3) is 5.56 Å². The van der Waals surface area contributed by atoms with Crippen LogP contribution >= 0.6 is 0 Å². The number of carbonyl (C=O) groups is 1. The number of nitrogens with zero attached hydrogens (tertiary/aromatic N) is 3. The van der Waals surface area contributed by atoms with Crippen molar-refractivity contribution in [3.63, 3.8) is 0 Å². The van der Waals surface area contributed by atoms with Crippen LogP contribution in [0.3, 0.4) is 0 Å². The van der Waals surface area contributed by atoms with Crippen LogP contribution in [0.5, 0.6) is 0 Å². The summed E-state index contributed by atoms with van der Waals surface area (Å²) in [4.78, 5) is 30.3. The largest absolute Gasteiger partial charge is 0.383 e. The predicted octanol–water partition coefficient (Wildman–Crippen LogP) is 1.81. The Morgan fingerprint density at radius 3 is 2.87 bits per heavy atom. The molecule has 3 aromatic rings. The van der Waals surface area contributed by atoms with Crippen LogP contribution in [-0.4, -0.2) is 53.0 Å². The fraction of sp³-hybridized carbons (Fsp3) is 0.409. The molecule has 0 radical (unpaired) electrons. The summed E-state index contributed by atoms with van der Waals surface area (Å²) in [7, 11) is 1.59. The van der Waals surface area contributed by atoms with E-state index in [9.17, 15) is 9.59 Å². The monoisotopic (exact) mass is 410 g/mol. The Kier molecular flexibility index (Phi) is 6.25. The Bertz CT molecular complexity index is 1070. The minimum atomic E-state index is -0.189. The summed E-state index contributed by atoms with van der Waals surface area (Å²) < 4.78 is 13.9. The first-order valence-corrected chi connectivity index (χ1v) is 10.2. The molecule has 30 heavy (non-hydrogen) atoms. The maximum absolute atomic E-state index is 13.1. The lowest BCUT2D eigenvalue weighted by Gasteiger charge is -2.11. The normalized spacial score (nSPS) is 16.2. The van der Waals surface area contributed by atoms with Gasteiger partial charge in [-0.05, 0) is 18.4 Å². The van der Waals surface area contributed by atoms with Crippen LogP contribution in [0.15, 0.2) is 47.7 Å². The van der Waals surface area contributed by atoms with Gasteiger partial charge in [0.15, 0.2) is 0 Å². The van der Waals surface area contributed by atoms with Gasteiger partial charge in [0.05, 0.1) is 25.6 Å². The van der Waals surface area contributed by atoms with Gasteiger partial charge in [-0.2, -0.15) is 0 Å². The average molecular weight is 410 g/mol. The molecule has 8 nitrogen and oxygen atoms in total. The molecule has 2 aromatic heterocycles. The Morgan fingerprint density at radius 2 is 2.13 bits per heavy atom. The number of aromatic nitrogens is 3. The van der Waals surface area contributed by atoms with Gasteiger partial charge < -0.3 is 19.4 Å². The van der Waals surface area contributed by atoms with Crippen LogP contribution < -0.4 is 10.9 Å². The van der Waals surface area contributed by atoms with Gasteiger partial charge in [-0.25, -0.2) is 4.98 Å². The molecule has 1 aromatic carbocycles. The van der Waals surface area contributed by atoms with Crippen LogP contribution in [0.2, 0.25) is 0 Å². The molecular formula is C22H26N4O4. The van der Waals surface area contributed by atoms with Crippen molar-refractivity contribution in [3.8, 4) is 11.1 Å². The molecule has 0 bridgehead atoms. The second-order valence-electron chi connectivity index (χ2n) is 7.41. The lowest BCUT2D eigenvalue weighted by molar-refractivity contribution is -0.122. The number of nitrogens with one attached hydrogen (secondary N) is 1. The van der Waals surface area contributed by atoms with E-state index in [2.05, 4.69) is 10.3 Å². The van der Waals surface area contributed by atoms with Crippen molar-refractivity contribution >= 4 is 16.9 Å². The van der Waals surface area contributed by atoms with Gasteiger partial charge in [0, 0.05) is 32.0 Å². The molecular weight excluding hydrogens is 384 g/mol. The molecule has 1 N–H and O–H groups in total. The molecule has 0 saturated carbocycles. The molecule has 1 atom stereocenters. The molecule has 158 valence electrons. The molecule has 0 unspecified atom stereocenters. The molecule has 1 amide bonds. The van der Waals surface area contributed by atoms with Gasteiger partial charge in [-0.3, -0.25) is 14.2 Å². The lowest BCUT2D eigenvalue weighted by atomic mass is 10.1. The minimum Gasteiger partial charge on any atom is -0.383 e. The maximum Gasteiger partial charge on any atom is 0.277 e. The van der Waals surface area contributed by atoms with Crippen LogP contribution in [0, 0.1) is 0 Å². The van der Waals surface area contributed by atoms with Crippen molar-refractivity contribution in [2.24, 2.45) is 0 Å². The van der Waals surface area contributed by atoms with Crippen molar-refractivity contribution in [1.29, 1.82) is 0 Å². The summed E-state index contributed by atoms with van der Waals surface area (Å²) in [5.74, 6) is -0.159. The number of hydrogen-bond donors (Lipinski definition) is 1. The van der Waals surface area contributed by atoms with Crippen molar-refractivity contribution < 1.29 is 14.3 Å². The average Bonchev–Trinajstić information content (AvgIpc) is 3.41. The van der Waals surface area contributed by atoms with Crippen LogP contribution in [0.1, 0.15) is 12.8 Å². The highest BCUT2D eigenvalue weighted by molar-refractivity contribution is 5.93. The Morgan fingerprint density at radius 1 is 1.30 bits per heavy atom. The zero-order valence-electron chi connectivity index (χ0n) is 17.0. The minimum absolute atomic E-state index is 0.0429. The van der Waals surface area contributed by atoms with E-state index in [4.69, 9.17) is 9.47 Å².